The summed E-state index contributed by atoms with van der Waals surface area (Å²) in [6.07, 6.45) is 0. The topological polar surface area (TPSA) is 66.5 Å². The van der Waals surface area contributed by atoms with Gasteiger partial charge < -0.3 is 4.90 Å². The first-order valence-electron chi connectivity index (χ1n) is 6.85. The molecule has 0 bridgehead atoms. The second kappa shape index (κ2) is 5.14. The van der Waals surface area contributed by atoms with Gasteiger partial charge in [0.2, 0.25) is 0 Å². The van der Waals surface area contributed by atoms with E-state index in [1.54, 1.807) is 48.3 Å². The Morgan fingerprint density at radius 3 is 2.45 bits per heavy atom. The van der Waals surface area contributed by atoms with Gasteiger partial charge in [-0.15, -0.1) is 0 Å². The van der Waals surface area contributed by atoms with Crippen LogP contribution < -0.4 is 4.72 Å². The quantitative estimate of drug-likeness (QED) is 0.945. The molecule has 3 rings (SSSR count). The molecule has 0 saturated heterocycles. The third-order valence-corrected chi connectivity index (χ3v) is 5.08. The molecule has 0 aromatic heterocycles. The van der Waals surface area contributed by atoms with Gasteiger partial charge in [0.15, 0.2) is 0 Å². The van der Waals surface area contributed by atoms with Crippen LogP contribution >= 0.6 is 0 Å². The predicted octanol–water partition coefficient (Wildman–Crippen LogP) is 2.38. The molecule has 0 atom stereocenters. The molecule has 1 aliphatic rings. The number of nitrogens with zero attached hydrogens (tertiary/aromatic N) is 1. The van der Waals surface area contributed by atoms with E-state index in [0.29, 0.717) is 17.8 Å². The summed E-state index contributed by atoms with van der Waals surface area (Å²) in [7, 11) is -2.02. The number of carbonyl (C=O) groups is 1. The van der Waals surface area contributed by atoms with Crippen molar-refractivity contribution in [3.05, 3.63) is 59.2 Å². The molecule has 1 heterocycles. The van der Waals surface area contributed by atoms with Crippen LogP contribution in [0.1, 0.15) is 21.5 Å². The highest BCUT2D eigenvalue weighted by atomic mass is 32.2. The Morgan fingerprint density at radius 1 is 1.09 bits per heavy atom. The van der Waals surface area contributed by atoms with E-state index in [4.69, 9.17) is 0 Å². The first-order chi connectivity index (χ1) is 10.4. The Bertz CT molecular complexity index is 842. The molecule has 0 fully saturated rings. The SMILES string of the molecule is Cc1ccc(S(=O)(=O)Nc2cccc3c2C(=O)N(C)C3)cc1. The average Bonchev–Trinajstić information content (AvgIpc) is 2.75. The molecule has 1 aliphatic heterocycles. The molecule has 1 amide bonds. The van der Waals surface area contributed by atoms with E-state index in [2.05, 4.69) is 4.72 Å². The summed E-state index contributed by atoms with van der Waals surface area (Å²) in [5, 5.41) is 0. The highest BCUT2D eigenvalue weighted by molar-refractivity contribution is 7.92. The molecule has 1 N–H and O–H groups in total. The second-order valence-electron chi connectivity index (χ2n) is 5.42. The summed E-state index contributed by atoms with van der Waals surface area (Å²) in [4.78, 5) is 13.9. The van der Waals surface area contributed by atoms with E-state index in [1.807, 2.05) is 13.0 Å². The van der Waals surface area contributed by atoms with Crippen LogP contribution in [0.2, 0.25) is 0 Å². The lowest BCUT2D eigenvalue weighted by Crippen LogP contribution is -2.20. The van der Waals surface area contributed by atoms with E-state index in [-0.39, 0.29) is 10.8 Å². The van der Waals surface area contributed by atoms with Gasteiger partial charge in [-0.2, -0.15) is 0 Å². The van der Waals surface area contributed by atoms with Crippen molar-refractivity contribution in [1.29, 1.82) is 0 Å². The van der Waals surface area contributed by atoms with Gasteiger partial charge in [-0.25, -0.2) is 8.42 Å². The lowest BCUT2D eigenvalue weighted by molar-refractivity contribution is 0.0817. The van der Waals surface area contributed by atoms with Crippen molar-refractivity contribution in [2.45, 2.75) is 18.4 Å². The zero-order valence-corrected chi connectivity index (χ0v) is 13.1. The maximum absolute atomic E-state index is 12.5. The number of hydrogen-bond donors (Lipinski definition) is 1. The Morgan fingerprint density at radius 2 is 1.77 bits per heavy atom. The third-order valence-electron chi connectivity index (χ3n) is 3.69. The Hall–Kier alpha value is -2.34. The standard InChI is InChI=1S/C16H16N2O3S/c1-11-6-8-13(9-7-11)22(20,21)17-14-5-3-4-12-10-18(2)16(19)15(12)14/h3-9,17H,10H2,1-2H3. The van der Waals surface area contributed by atoms with Crippen LogP contribution in [0, 0.1) is 6.92 Å². The molecule has 2 aromatic carbocycles. The fourth-order valence-electron chi connectivity index (χ4n) is 2.51. The maximum Gasteiger partial charge on any atom is 0.261 e. The van der Waals surface area contributed by atoms with E-state index in [9.17, 15) is 13.2 Å². The zero-order chi connectivity index (χ0) is 15.9. The minimum absolute atomic E-state index is 0.169. The fourth-order valence-corrected chi connectivity index (χ4v) is 3.58. The molecule has 6 heteroatoms. The highest BCUT2D eigenvalue weighted by Crippen LogP contribution is 2.29. The zero-order valence-electron chi connectivity index (χ0n) is 12.3. The van der Waals surface area contributed by atoms with Crippen molar-refractivity contribution in [3.63, 3.8) is 0 Å². The van der Waals surface area contributed by atoms with E-state index < -0.39 is 10.0 Å². The van der Waals surface area contributed by atoms with Crippen LogP contribution in [0.15, 0.2) is 47.4 Å². The number of amides is 1. The van der Waals surface area contributed by atoms with Crippen molar-refractivity contribution >= 4 is 21.6 Å². The van der Waals surface area contributed by atoms with Crippen LogP contribution in [0.25, 0.3) is 0 Å². The molecule has 0 radical (unpaired) electrons. The molecule has 2 aromatic rings. The highest BCUT2D eigenvalue weighted by Gasteiger charge is 2.28. The van der Waals surface area contributed by atoms with Crippen molar-refractivity contribution in [2.24, 2.45) is 0 Å². The molecular weight excluding hydrogens is 300 g/mol. The van der Waals surface area contributed by atoms with Gasteiger partial charge in [-0.3, -0.25) is 9.52 Å². The van der Waals surface area contributed by atoms with E-state index in [1.165, 1.54) is 0 Å². The average molecular weight is 316 g/mol. The van der Waals surface area contributed by atoms with Gasteiger partial charge in [-0.05, 0) is 30.7 Å². The van der Waals surface area contributed by atoms with Crippen molar-refractivity contribution in [1.82, 2.24) is 4.90 Å². The van der Waals surface area contributed by atoms with Gasteiger partial charge >= 0.3 is 0 Å². The fraction of sp³-hybridized carbons (Fsp3) is 0.188. The number of fused-ring (bicyclic) bond motifs is 1. The van der Waals surface area contributed by atoms with Gasteiger partial charge in [-0.1, -0.05) is 29.8 Å². The number of anilines is 1. The first-order valence-corrected chi connectivity index (χ1v) is 8.33. The summed E-state index contributed by atoms with van der Waals surface area (Å²) in [6, 6.07) is 11.8. The molecule has 0 unspecified atom stereocenters. The number of hydrogen-bond acceptors (Lipinski definition) is 3. The molecule has 0 saturated carbocycles. The predicted molar refractivity (Wildman–Crippen MR) is 84.2 cm³/mol. The molecule has 22 heavy (non-hydrogen) atoms. The minimum Gasteiger partial charge on any atom is -0.337 e. The molecule has 114 valence electrons. The normalized spacial score (nSPS) is 14.1. The third kappa shape index (κ3) is 2.46. The summed E-state index contributed by atoms with van der Waals surface area (Å²) < 4.78 is 27.5. The number of aryl methyl sites for hydroxylation is 1. The van der Waals surface area contributed by atoms with Crippen molar-refractivity contribution in [3.8, 4) is 0 Å². The van der Waals surface area contributed by atoms with Crippen LogP contribution in [0.3, 0.4) is 0 Å². The molecular formula is C16H16N2O3S. The number of carbonyl (C=O) groups excluding carboxylic acids is 1. The van der Waals surface area contributed by atoms with Gasteiger partial charge in [0.05, 0.1) is 16.1 Å². The summed E-state index contributed by atoms with van der Waals surface area (Å²) in [5.74, 6) is -0.169. The maximum atomic E-state index is 12.5. The lowest BCUT2D eigenvalue weighted by Gasteiger charge is -2.11. The number of rotatable bonds is 3. The minimum atomic E-state index is -3.71. The number of benzene rings is 2. The first kappa shape index (κ1) is 14.6. The van der Waals surface area contributed by atoms with Crippen molar-refractivity contribution in [2.75, 3.05) is 11.8 Å². The number of sulfonamides is 1. The van der Waals surface area contributed by atoms with Gasteiger partial charge in [0.25, 0.3) is 15.9 Å². The summed E-state index contributed by atoms with van der Waals surface area (Å²) in [6.45, 7) is 2.39. The van der Waals surface area contributed by atoms with Gasteiger partial charge in [0.1, 0.15) is 0 Å². The van der Waals surface area contributed by atoms with Crippen LogP contribution in [-0.2, 0) is 16.6 Å². The van der Waals surface area contributed by atoms with Crippen LogP contribution in [0.5, 0.6) is 0 Å². The Labute approximate surface area is 129 Å². The summed E-state index contributed by atoms with van der Waals surface area (Å²) in [5.41, 5.74) is 2.57. The molecule has 0 aliphatic carbocycles. The Kier molecular flexibility index (Phi) is 3.41. The Balaban J connectivity index is 1.99. The van der Waals surface area contributed by atoms with Crippen LogP contribution in [-0.4, -0.2) is 26.3 Å². The van der Waals surface area contributed by atoms with E-state index >= 15 is 0 Å². The smallest absolute Gasteiger partial charge is 0.261 e. The number of nitrogens with one attached hydrogen (secondary N) is 1. The molecule has 5 nitrogen and oxygen atoms in total. The lowest BCUT2D eigenvalue weighted by atomic mass is 10.1. The van der Waals surface area contributed by atoms with Crippen molar-refractivity contribution < 1.29 is 13.2 Å². The monoisotopic (exact) mass is 316 g/mol. The van der Waals surface area contributed by atoms with E-state index in [0.717, 1.165) is 11.1 Å². The summed E-state index contributed by atoms with van der Waals surface area (Å²) >= 11 is 0. The van der Waals surface area contributed by atoms with Gasteiger partial charge in [0, 0.05) is 13.6 Å². The molecule has 0 spiro atoms. The van der Waals surface area contributed by atoms with Crippen LogP contribution in [0.4, 0.5) is 5.69 Å². The second-order valence-corrected chi connectivity index (χ2v) is 7.10. The largest absolute Gasteiger partial charge is 0.337 e.